The highest BCUT2D eigenvalue weighted by molar-refractivity contribution is 7.91. The van der Waals surface area contributed by atoms with Crippen molar-refractivity contribution in [2.75, 3.05) is 18.1 Å². The van der Waals surface area contributed by atoms with Crippen LogP contribution in [-0.2, 0) is 9.84 Å². The summed E-state index contributed by atoms with van der Waals surface area (Å²) in [5.74, 6) is 0.317. The fourth-order valence-corrected chi connectivity index (χ4v) is 3.70. The molecule has 1 aromatic heterocycles. The minimum absolute atomic E-state index is 0.00157. The van der Waals surface area contributed by atoms with Gasteiger partial charge in [-0.15, -0.1) is 11.3 Å². The lowest BCUT2D eigenvalue weighted by atomic mass is 10.2. The van der Waals surface area contributed by atoms with E-state index in [4.69, 9.17) is 23.2 Å². The zero-order valence-electron chi connectivity index (χ0n) is 9.66. The highest BCUT2D eigenvalue weighted by atomic mass is 35.5. The molecule has 0 aromatic carbocycles. The third kappa shape index (κ3) is 4.75. The van der Waals surface area contributed by atoms with E-state index in [-0.39, 0.29) is 17.5 Å². The van der Waals surface area contributed by atoms with Gasteiger partial charge in [0, 0.05) is 18.3 Å². The first-order valence-corrected chi connectivity index (χ1v) is 8.63. The van der Waals surface area contributed by atoms with Crippen molar-refractivity contribution in [3.8, 4) is 0 Å². The number of nitrogens with one attached hydrogen (secondary N) is 1. The lowest BCUT2D eigenvalue weighted by Crippen LogP contribution is -2.26. The van der Waals surface area contributed by atoms with E-state index in [0.717, 1.165) is 5.56 Å². The molecule has 0 bridgehead atoms. The minimum Gasteiger partial charge on any atom is -0.309 e. The molecule has 3 nitrogen and oxygen atoms in total. The maximum Gasteiger partial charge on any atom is 0.151 e. The van der Waals surface area contributed by atoms with Crippen LogP contribution < -0.4 is 5.32 Å². The van der Waals surface area contributed by atoms with Crippen molar-refractivity contribution in [3.63, 3.8) is 0 Å². The number of hydrogen-bond acceptors (Lipinski definition) is 4. The molecule has 0 amide bonds. The Morgan fingerprint density at radius 3 is 2.59 bits per heavy atom. The van der Waals surface area contributed by atoms with E-state index in [9.17, 15) is 8.42 Å². The highest BCUT2D eigenvalue weighted by Crippen LogP contribution is 2.34. The van der Waals surface area contributed by atoms with Crippen molar-refractivity contribution in [3.05, 3.63) is 20.3 Å². The molecule has 0 aliphatic rings. The monoisotopic (exact) mass is 315 g/mol. The Morgan fingerprint density at radius 2 is 2.12 bits per heavy atom. The van der Waals surface area contributed by atoms with Crippen LogP contribution in [0, 0.1) is 0 Å². The van der Waals surface area contributed by atoms with Gasteiger partial charge in [-0.3, -0.25) is 0 Å². The van der Waals surface area contributed by atoms with E-state index in [1.54, 1.807) is 13.0 Å². The van der Waals surface area contributed by atoms with Gasteiger partial charge in [0.1, 0.15) is 0 Å². The first-order chi connectivity index (χ1) is 7.85. The SMILES string of the molecule is CCS(=O)(=O)CCNC(C)c1cc(Cl)sc1Cl. The molecule has 0 fully saturated rings. The van der Waals surface area contributed by atoms with Crippen LogP contribution in [0.1, 0.15) is 25.5 Å². The minimum atomic E-state index is -2.92. The van der Waals surface area contributed by atoms with Crippen LogP contribution >= 0.6 is 34.5 Å². The van der Waals surface area contributed by atoms with Crippen LogP contribution in [0.25, 0.3) is 0 Å². The second kappa shape index (κ2) is 6.38. The summed E-state index contributed by atoms with van der Waals surface area (Å²) in [7, 11) is -2.92. The summed E-state index contributed by atoms with van der Waals surface area (Å²) in [6.07, 6.45) is 0. The van der Waals surface area contributed by atoms with E-state index in [1.165, 1.54) is 11.3 Å². The summed E-state index contributed by atoms with van der Waals surface area (Å²) in [5.41, 5.74) is 0.913. The Bertz CT molecular complexity index is 471. The number of rotatable bonds is 6. The fourth-order valence-electron chi connectivity index (χ4n) is 1.33. The molecule has 0 saturated heterocycles. The van der Waals surface area contributed by atoms with E-state index < -0.39 is 9.84 Å². The molecular weight excluding hydrogens is 301 g/mol. The molecule has 7 heteroatoms. The molecule has 17 heavy (non-hydrogen) atoms. The Hall–Kier alpha value is 0.190. The van der Waals surface area contributed by atoms with Crippen molar-refractivity contribution in [1.29, 1.82) is 0 Å². The summed E-state index contributed by atoms with van der Waals surface area (Å²) in [6.45, 7) is 4.00. The van der Waals surface area contributed by atoms with Gasteiger partial charge in [-0.25, -0.2) is 8.42 Å². The number of sulfone groups is 1. The van der Waals surface area contributed by atoms with Gasteiger partial charge in [-0.1, -0.05) is 30.1 Å². The maximum atomic E-state index is 11.3. The first kappa shape index (κ1) is 15.2. The standard InChI is InChI=1S/C10H15Cl2NO2S2/c1-3-17(14,15)5-4-13-7(2)8-6-9(11)16-10(8)12/h6-7,13H,3-5H2,1-2H3. The first-order valence-electron chi connectivity index (χ1n) is 5.24. The average Bonchev–Trinajstić information content (AvgIpc) is 2.57. The lowest BCUT2D eigenvalue weighted by molar-refractivity contribution is 0.574. The Morgan fingerprint density at radius 1 is 1.47 bits per heavy atom. The van der Waals surface area contributed by atoms with Gasteiger partial charge in [-0.2, -0.15) is 0 Å². The van der Waals surface area contributed by atoms with E-state index >= 15 is 0 Å². The van der Waals surface area contributed by atoms with Crippen LogP contribution in [0.5, 0.6) is 0 Å². The van der Waals surface area contributed by atoms with Gasteiger partial charge in [0.2, 0.25) is 0 Å². The summed E-state index contributed by atoms with van der Waals surface area (Å²) < 4.78 is 23.9. The van der Waals surface area contributed by atoms with Crippen molar-refractivity contribution in [2.24, 2.45) is 0 Å². The van der Waals surface area contributed by atoms with Gasteiger partial charge < -0.3 is 5.32 Å². The maximum absolute atomic E-state index is 11.3. The second-order valence-electron chi connectivity index (χ2n) is 3.69. The van der Waals surface area contributed by atoms with Gasteiger partial charge in [0.05, 0.1) is 14.4 Å². The predicted octanol–water partition coefficient (Wildman–Crippen LogP) is 3.14. The summed E-state index contributed by atoms with van der Waals surface area (Å²) >= 11 is 13.2. The van der Waals surface area contributed by atoms with Gasteiger partial charge in [0.25, 0.3) is 0 Å². The van der Waals surface area contributed by atoms with E-state index in [2.05, 4.69) is 5.32 Å². The average molecular weight is 316 g/mol. The molecule has 1 atom stereocenters. The normalized spacial score (nSPS) is 13.9. The molecule has 0 saturated carbocycles. The predicted molar refractivity (Wildman–Crippen MR) is 75.1 cm³/mol. The van der Waals surface area contributed by atoms with Crippen LogP contribution in [0.2, 0.25) is 8.67 Å². The number of hydrogen-bond donors (Lipinski definition) is 1. The van der Waals surface area contributed by atoms with Crippen molar-refractivity contribution in [2.45, 2.75) is 19.9 Å². The number of thiophene rings is 1. The largest absolute Gasteiger partial charge is 0.309 e. The Kier molecular flexibility index (Phi) is 5.73. The lowest BCUT2D eigenvalue weighted by Gasteiger charge is -2.12. The molecule has 0 radical (unpaired) electrons. The molecule has 0 aliphatic carbocycles. The molecule has 1 aromatic rings. The highest BCUT2D eigenvalue weighted by Gasteiger charge is 2.14. The molecule has 1 rings (SSSR count). The third-order valence-corrected chi connectivity index (χ3v) is 5.68. The molecular formula is C10H15Cl2NO2S2. The van der Waals surface area contributed by atoms with Crippen molar-refractivity contribution in [1.82, 2.24) is 5.32 Å². The van der Waals surface area contributed by atoms with Crippen LogP contribution in [0.4, 0.5) is 0 Å². The van der Waals surface area contributed by atoms with Crippen molar-refractivity contribution < 1.29 is 8.42 Å². The Balaban J connectivity index is 2.51. The van der Waals surface area contributed by atoms with Gasteiger partial charge >= 0.3 is 0 Å². The molecule has 0 spiro atoms. The third-order valence-electron chi connectivity index (χ3n) is 2.45. The van der Waals surface area contributed by atoms with Crippen LogP contribution in [0.3, 0.4) is 0 Å². The molecule has 1 N–H and O–H groups in total. The summed E-state index contributed by atoms with van der Waals surface area (Å²) in [5, 5.41) is 3.13. The number of halogens is 2. The van der Waals surface area contributed by atoms with Crippen LogP contribution in [0.15, 0.2) is 6.07 Å². The topological polar surface area (TPSA) is 46.2 Å². The zero-order chi connectivity index (χ0) is 13.1. The van der Waals surface area contributed by atoms with E-state index in [1.807, 2.05) is 6.92 Å². The molecule has 1 unspecified atom stereocenters. The van der Waals surface area contributed by atoms with Gasteiger partial charge in [0.15, 0.2) is 9.84 Å². The smallest absolute Gasteiger partial charge is 0.151 e. The zero-order valence-corrected chi connectivity index (χ0v) is 12.8. The van der Waals surface area contributed by atoms with Gasteiger partial charge in [-0.05, 0) is 18.6 Å². The second-order valence-corrected chi connectivity index (χ2v) is 8.45. The van der Waals surface area contributed by atoms with Crippen LogP contribution in [-0.4, -0.2) is 26.5 Å². The summed E-state index contributed by atoms with van der Waals surface area (Å²) in [6, 6.07) is 1.80. The molecule has 98 valence electrons. The Labute approximate surface area is 116 Å². The quantitative estimate of drug-likeness (QED) is 0.877. The van der Waals surface area contributed by atoms with E-state index in [0.29, 0.717) is 15.2 Å². The van der Waals surface area contributed by atoms with Crippen molar-refractivity contribution >= 4 is 44.4 Å². The summed E-state index contributed by atoms with van der Waals surface area (Å²) in [4.78, 5) is 0. The molecule has 0 aliphatic heterocycles. The molecule has 1 heterocycles. The fraction of sp³-hybridized carbons (Fsp3) is 0.600.